The third-order valence-electron chi connectivity index (χ3n) is 4.36. The molecule has 1 heterocycles. The number of carboxylic acid groups (broad SMARTS) is 1. The van der Waals surface area contributed by atoms with Crippen molar-refractivity contribution in [1.82, 2.24) is 10.2 Å². The molecule has 0 aliphatic carbocycles. The number of hydrogen-bond acceptors (Lipinski definition) is 2. The Balaban J connectivity index is 2.18. The molecule has 1 aliphatic rings. The Kier molecular flexibility index (Phi) is 5.30. The summed E-state index contributed by atoms with van der Waals surface area (Å²) in [6.45, 7) is 9.75. The van der Waals surface area contributed by atoms with Gasteiger partial charge in [-0.3, -0.25) is 0 Å². The average Bonchev–Trinajstić information content (AvgIpc) is 2.44. The molecule has 1 aromatic carbocycles. The topological polar surface area (TPSA) is 52.6 Å². The second-order valence-corrected chi connectivity index (χ2v) is 7.66. The summed E-state index contributed by atoms with van der Waals surface area (Å²) in [6, 6.07) is 4.66. The monoisotopic (exact) mass is 322 g/mol. The van der Waals surface area contributed by atoms with Gasteiger partial charge in [0, 0.05) is 19.1 Å². The Morgan fingerprint density at radius 2 is 2.13 bits per heavy atom. The number of amides is 1. The zero-order valence-electron chi connectivity index (χ0n) is 14.4. The highest BCUT2D eigenvalue weighted by atomic mass is 19.1. The number of carbonyl (C=O) groups is 1. The van der Waals surface area contributed by atoms with E-state index in [1.165, 1.54) is 17.0 Å². The van der Waals surface area contributed by atoms with Crippen LogP contribution in [0.2, 0.25) is 0 Å². The molecular formula is C18H27FN2O2. The zero-order valence-corrected chi connectivity index (χ0v) is 14.4. The lowest BCUT2D eigenvalue weighted by Crippen LogP contribution is -2.48. The molecule has 4 nitrogen and oxygen atoms in total. The molecule has 1 saturated heterocycles. The number of nitrogens with zero attached hydrogens (tertiary/aromatic N) is 1. The Labute approximate surface area is 137 Å². The van der Waals surface area contributed by atoms with Crippen molar-refractivity contribution in [2.75, 3.05) is 13.1 Å². The highest BCUT2D eigenvalue weighted by molar-refractivity contribution is 5.66. The smallest absolute Gasteiger partial charge is 0.407 e. The van der Waals surface area contributed by atoms with Gasteiger partial charge in [-0.1, -0.05) is 26.8 Å². The number of piperidine rings is 1. The summed E-state index contributed by atoms with van der Waals surface area (Å²) >= 11 is 0. The molecule has 5 heteroatoms. The van der Waals surface area contributed by atoms with Gasteiger partial charge in [-0.05, 0) is 48.4 Å². The first-order valence-corrected chi connectivity index (χ1v) is 8.16. The first-order chi connectivity index (χ1) is 10.7. The SMILES string of the molecule is Cc1cc(F)ccc1[C@H]1C[C@@H](NCC(C)(C)C)CCN1C(=O)O. The third-order valence-corrected chi connectivity index (χ3v) is 4.36. The van der Waals surface area contributed by atoms with E-state index in [2.05, 4.69) is 26.1 Å². The fraction of sp³-hybridized carbons (Fsp3) is 0.611. The van der Waals surface area contributed by atoms with Crippen LogP contribution < -0.4 is 5.32 Å². The van der Waals surface area contributed by atoms with Crippen LogP contribution in [0.1, 0.15) is 50.8 Å². The molecule has 1 aliphatic heterocycles. The van der Waals surface area contributed by atoms with Crippen LogP contribution in [0.3, 0.4) is 0 Å². The molecule has 0 aromatic heterocycles. The molecule has 2 rings (SSSR count). The van der Waals surface area contributed by atoms with Crippen molar-refractivity contribution in [2.24, 2.45) is 5.41 Å². The quantitative estimate of drug-likeness (QED) is 0.886. The molecule has 0 radical (unpaired) electrons. The van der Waals surface area contributed by atoms with Crippen LogP contribution in [0, 0.1) is 18.2 Å². The predicted molar refractivity (Wildman–Crippen MR) is 89.1 cm³/mol. The van der Waals surface area contributed by atoms with Crippen LogP contribution >= 0.6 is 0 Å². The van der Waals surface area contributed by atoms with Crippen LogP contribution in [-0.4, -0.2) is 35.2 Å². The lowest BCUT2D eigenvalue weighted by molar-refractivity contribution is 0.0944. The van der Waals surface area contributed by atoms with E-state index in [0.29, 0.717) is 6.54 Å². The molecule has 1 aromatic rings. The van der Waals surface area contributed by atoms with Crippen LogP contribution in [0.5, 0.6) is 0 Å². The van der Waals surface area contributed by atoms with E-state index < -0.39 is 6.09 Å². The maximum atomic E-state index is 13.4. The van der Waals surface area contributed by atoms with Gasteiger partial charge in [0.1, 0.15) is 5.82 Å². The molecule has 2 N–H and O–H groups in total. The van der Waals surface area contributed by atoms with E-state index in [9.17, 15) is 14.3 Å². The average molecular weight is 322 g/mol. The minimum Gasteiger partial charge on any atom is -0.465 e. The van der Waals surface area contributed by atoms with E-state index in [-0.39, 0.29) is 23.3 Å². The van der Waals surface area contributed by atoms with Gasteiger partial charge < -0.3 is 15.3 Å². The lowest BCUT2D eigenvalue weighted by atomic mass is 9.88. The minimum atomic E-state index is -0.909. The van der Waals surface area contributed by atoms with Crippen molar-refractivity contribution >= 4 is 6.09 Å². The van der Waals surface area contributed by atoms with Crippen LogP contribution in [-0.2, 0) is 0 Å². The van der Waals surface area contributed by atoms with E-state index in [0.717, 1.165) is 30.5 Å². The van der Waals surface area contributed by atoms with Gasteiger partial charge in [0.25, 0.3) is 0 Å². The first kappa shape index (κ1) is 17.7. The second-order valence-electron chi connectivity index (χ2n) is 7.66. The van der Waals surface area contributed by atoms with Gasteiger partial charge in [0.15, 0.2) is 0 Å². The van der Waals surface area contributed by atoms with Crippen molar-refractivity contribution in [3.8, 4) is 0 Å². The summed E-state index contributed by atoms with van der Waals surface area (Å²) < 4.78 is 13.4. The van der Waals surface area contributed by atoms with Gasteiger partial charge in [-0.2, -0.15) is 0 Å². The minimum absolute atomic E-state index is 0.186. The molecule has 0 saturated carbocycles. The fourth-order valence-corrected chi connectivity index (χ4v) is 3.14. The Morgan fingerprint density at radius 1 is 1.43 bits per heavy atom. The van der Waals surface area contributed by atoms with E-state index in [4.69, 9.17) is 0 Å². The van der Waals surface area contributed by atoms with Gasteiger partial charge in [-0.15, -0.1) is 0 Å². The summed E-state index contributed by atoms with van der Waals surface area (Å²) in [6.07, 6.45) is 0.613. The van der Waals surface area contributed by atoms with Crippen molar-refractivity contribution in [3.63, 3.8) is 0 Å². The Hall–Kier alpha value is -1.62. The van der Waals surface area contributed by atoms with E-state index in [1.54, 1.807) is 6.07 Å². The van der Waals surface area contributed by atoms with Crippen LogP contribution in [0.4, 0.5) is 9.18 Å². The standard InChI is InChI=1S/C18H27FN2O2/c1-12-9-13(19)5-6-15(12)16-10-14(20-11-18(2,3)4)7-8-21(16)17(22)23/h5-6,9,14,16,20H,7-8,10-11H2,1-4H3,(H,22,23)/t14-,16+/m0/s1. The van der Waals surface area contributed by atoms with Crippen LogP contribution in [0.15, 0.2) is 18.2 Å². The van der Waals surface area contributed by atoms with Gasteiger partial charge in [0.05, 0.1) is 6.04 Å². The molecule has 0 unspecified atom stereocenters. The summed E-state index contributed by atoms with van der Waals surface area (Å²) in [4.78, 5) is 13.1. The highest BCUT2D eigenvalue weighted by Crippen LogP contribution is 2.33. The number of rotatable bonds is 3. The summed E-state index contributed by atoms with van der Waals surface area (Å²) in [5.41, 5.74) is 1.89. The number of likely N-dealkylation sites (tertiary alicyclic amines) is 1. The third kappa shape index (κ3) is 4.67. The fourth-order valence-electron chi connectivity index (χ4n) is 3.14. The molecule has 2 atom stereocenters. The van der Waals surface area contributed by atoms with Gasteiger partial charge >= 0.3 is 6.09 Å². The molecule has 128 valence electrons. The Bertz CT molecular complexity index is 569. The maximum absolute atomic E-state index is 13.4. The number of aryl methyl sites for hydroxylation is 1. The van der Waals surface area contributed by atoms with Crippen molar-refractivity contribution < 1.29 is 14.3 Å². The zero-order chi connectivity index (χ0) is 17.2. The molecule has 1 fully saturated rings. The summed E-state index contributed by atoms with van der Waals surface area (Å²) in [7, 11) is 0. The van der Waals surface area contributed by atoms with Gasteiger partial charge in [0.2, 0.25) is 0 Å². The Morgan fingerprint density at radius 3 is 2.70 bits per heavy atom. The number of halogens is 1. The van der Waals surface area contributed by atoms with E-state index in [1.807, 2.05) is 6.92 Å². The largest absolute Gasteiger partial charge is 0.465 e. The number of benzene rings is 1. The van der Waals surface area contributed by atoms with Crippen molar-refractivity contribution in [3.05, 3.63) is 35.1 Å². The molecule has 23 heavy (non-hydrogen) atoms. The molecule has 1 amide bonds. The first-order valence-electron chi connectivity index (χ1n) is 8.16. The van der Waals surface area contributed by atoms with Crippen molar-refractivity contribution in [1.29, 1.82) is 0 Å². The highest BCUT2D eigenvalue weighted by Gasteiger charge is 2.33. The molecular weight excluding hydrogens is 295 g/mol. The van der Waals surface area contributed by atoms with Gasteiger partial charge in [-0.25, -0.2) is 9.18 Å². The normalized spacial score (nSPS) is 22.2. The van der Waals surface area contributed by atoms with E-state index >= 15 is 0 Å². The lowest BCUT2D eigenvalue weighted by Gasteiger charge is -2.39. The summed E-state index contributed by atoms with van der Waals surface area (Å²) in [5.74, 6) is -0.286. The maximum Gasteiger partial charge on any atom is 0.407 e. The number of hydrogen-bond donors (Lipinski definition) is 2. The molecule has 0 spiro atoms. The van der Waals surface area contributed by atoms with Crippen molar-refractivity contribution in [2.45, 2.75) is 52.6 Å². The molecule has 0 bridgehead atoms. The summed E-state index contributed by atoms with van der Waals surface area (Å²) in [5, 5.41) is 13.1. The predicted octanol–water partition coefficient (Wildman–Crippen LogP) is 3.95. The number of nitrogens with one attached hydrogen (secondary N) is 1. The second kappa shape index (κ2) is 6.87. The van der Waals surface area contributed by atoms with Crippen LogP contribution in [0.25, 0.3) is 0 Å².